The molecule has 1 fully saturated rings. The summed E-state index contributed by atoms with van der Waals surface area (Å²) in [7, 11) is -2.80. The van der Waals surface area contributed by atoms with Gasteiger partial charge in [-0.1, -0.05) is 121 Å². The predicted molar refractivity (Wildman–Crippen MR) is 150 cm³/mol. The average Bonchev–Trinajstić information content (AvgIpc) is 2.95. The summed E-state index contributed by atoms with van der Waals surface area (Å²) in [5, 5.41) is 1.89. The molecule has 3 nitrogen and oxygen atoms in total. The maximum absolute atomic E-state index is 14.8. The van der Waals surface area contributed by atoms with Crippen molar-refractivity contribution in [2.24, 2.45) is 0 Å². The van der Waals surface area contributed by atoms with E-state index in [1.807, 2.05) is 66.7 Å². The van der Waals surface area contributed by atoms with E-state index in [9.17, 15) is 4.57 Å². The van der Waals surface area contributed by atoms with Gasteiger partial charge in [0.2, 0.25) is 0 Å². The Kier molecular flexibility index (Phi) is 8.13. The Labute approximate surface area is 215 Å². The first-order valence-corrected chi connectivity index (χ1v) is 14.7. The molecule has 0 aliphatic carbocycles. The highest BCUT2D eigenvalue weighted by Gasteiger charge is 2.36. The topological polar surface area (TPSA) is 29.5 Å². The van der Waals surface area contributed by atoms with Crippen molar-refractivity contribution in [3.63, 3.8) is 0 Å². The maximum Gasteiger partial charge on any atom is 0.144 e. The predicted octanol–water partition coefficient (Wildman–Crippen LogP) is 6.25. The van der Waals surface area contributed by atoms with Crippen LogP contribution in [0.1, 0.15) is 24.0 Å². The largest absolute Gasteiger partial charge is 0.372 e. The lowest BCUT2D eigenvalue weighted by molar-refractivity contribution is -0.0275. The highest BCUT2D eigenvalue weighted by atomic mass is 31.2. The van der Waals surface area contributed by atoms with Crippen molar-refractivity contribution >= 4 is 17.8 Å². The quantitative estimate of drug-likeness (QED) is 0.257. The van der Waals surface area contributed by atoms with Gasteiger partial charge in [-0.2, -0.15) is 0 Å². The molecule has 2 atom stereocenters. The summed E-state index contributed by atoms with van der Waals surface area (Å²) < 4.78 is 21.2. The van der Waals surface area contributed by atoms with Gasteiger partial charge < -0.3 is 9.30 Å². The summed E-state index contributed by atoms with van der Waals surface area (Å²) in [6.45, 7) is 2.30. The van der Waals surface area contributed by atoms with Gasteiger partial charge in [0, 0.05) is 35.9 Å². The number of benzene rings is 4. The van der Waals surface area contributed by atoms with Crippen LogP contribution in [0.5, 0.6) is 0 Å². The van der Waals surface area contributed by atoms with Gasteiger partial charge in [-0.3, -0.25) is 4.90 Å². The second-order valence-corrected chi connectivity index (χ2v) is 12.5. The molecule has 1 saturated heterocycles. The number of hydrogen-bond donors (Lipinski definition) is 0. The Morgan fingerprint density at radius 1 is 0.667 bits per heavy atom. The van der Waals surface area contributed by atoms with Crippen molar-refractivity contribution in [1.82, 2.24) is 4.90 Å². The normalized spacial score (nSPS) is 18.7. The second kappa shape index (κ2) is 11.8. The van der Waals surface area contributed by atoms with Gasteiger partial charge in [-0.15, -0.1) is 0 Å². The van der Waals surface area contributed by atoms with Gasteiger partial charge in [0.05, 0.1) is 12.7 Å². The maximum atomic E-state index is 14.8. The van der Waals surface area contributed by atoms with Crippen LogP contribution in [0.25, 0.3) is 0 Å². The Morgan fingerprint density at radius 3 is 1.72 bits per heavy atom. The Bertz CT molecular complexity index is 1210. The molecule has 0 amide bonds. The van der Waals surface area contributed by atoms with Crippen LogP contribution < -0.4 is 10.6 Å². The minimum atomic E-state index is -2.80. The molecular weight excluding hydrogens is 461 g/mol. The van der Waals surface area contributed by atoms with E-state index in [2.05, 4.69) is 59.5 Å². The molecule has 0 aromatic heterocycles. The summed E-state index contributed by atoms with van der Waals surface area (Å²) in [5.74, 6) is 0. The van der Waals surface area contributed by atoms with Crippen LogP contribution in [0.3, 0.4) is 0 Å². The zero-order valence-electron chi connectivity index (χ0n) is 20.7. The molecule has 0 unspecified atom stereocenters. The molecule has 0 spiro atoms. The van der Waals surface area contributed by atoms with E-state index < -0.39 is 7.14 Å². The van der Waals surface area contributed by atoms with E-state index in [0.29, 0.717) is 12.8 Å². The Morgan fingerprint density at radius 2 is 1.17 bits per heavy atom. The standard InChI is InChI=1S/C32H34NO2P/c34-36(31-17-9-3-10-18-31,32-19-11-4-12-20-32)26-29-21-22-30(35-25-28-15-7-2-8-16-28)24-33(29)23-27-13-5-1-6-14-27/h1-20,29-30H,21-26H2/t29-,30-/m1/s1. The lowest BCUT2D eigenvalue weighted by Crippen LogP contribution is -2.48. The van der Waals surface area contributed by atoms with E-state index in [1.54, 1.807) is 0 Å². The third-order valence-electron chi connectivity index (χ3n) is 7.15. The van der Waals surface area contributed by atoms with Crippen LogP contribution in [-0.2, 0) is 22.5 Å². The van der Waals surface area contributed by atoms with Crippen LogP contribution in [-0.4, -0.2) is 29.8 Å². The number of piperidine rings is 1. The molecule has 4 aromatic rings. The fourth-order valence-electron chi connectivity index (χ4n) is 5.20. The van der Waals surface area contributed by atoms with Crippen LogP contribution in [0, 0.1) is 0 Å². The smallest absolute Gasteiger partial charge is 0.144 e. The molecule has 36 heavy (non-hydrogen) atoms. The van der Waals surface area contributed by atoms with Crippen LogP contribution in [0.4, 0.5) is 0 Å². The first-order valence-electron chi connectivity index (χ1n) is 12.8. The van der Waals surface area contributed by atoms with Gasteiger partial charge in [0.25, 0.3) is 0 Å². The molecule has 4 heteroatoms. The van der Waals surface area contributed by atoms with Gasteiger partial charge >= 0.3 is 0 Å². The van der Waals surface area contributed by atoms with Crippen molar-refractivity contribution in [2.45, 2.75) is 38.1 Å². The molecule has 184 valence electrons. The molecule has 0 radical (unpaired) electrons. The summed E-state index contributed by atoms with van der Waals surface area (Å²) >= 11 is 0. The first kappa shape index (κ1) is 24.7. The van der Waals surface area contributed by atoms with Gasteiger partial charge in [0.1, 0.15) is 7.14 Å². The molecule has 1 aliphatic heterocycles. The minimum Gasteiger partial charge on any atom is -0.372 e. The Balaban J connectivity index is 1.39. The fraction of sp³-hybridized carbons (Fsp3) is 0.250. The molecular formula is C32H34NO2P. The first-order chi connectivity index (χ1) is 17.7. The average molecular weight is 496 g/mol. The third-order valence-corrected chi connectivity index (χ3v) is 10.3. The van der Waals surface area contributed by atoms with E-state index in [-0.39, 0.29) is 12.1 Å². The lowest BCUT2D eigenvalue weighted by Gasteiger charge is -2.41. The Hall–Kier alpha value is -2.97. The van der Waals surface area contributed by atoms with Crippen LogP contribution in [0.15, 0.2) is 121 Å². The number of likely N-dealkylation sites (tertiary alicyclic amines) is 1. The number of rotatable bonds is 9. The van der Waals surface area contributed by atoms with Crippen molar-refractivity contribution in [3.8, 4) is 0 Å². The highest BCUT2D eigenvalue weighted by Crippen LogP contribution is 2.46. The van der Waals surface area contributed by atoms with Crippen molar-refractivity contribution in [3.05, 3.63) is 132 Å². The van der Waals surface area contributed by atoms with E-state index in [0.717, 1.165) is 36.5 Å². The van der Waals surface area contributed by atoms with Gasteiger partial charge in [0.15, 0.2) is 0 Å². The van der Waals surface area contributed by atoms with Gasteiger partial charge in [-0.25, -0.2) is 0 Å². The highest BCUT2D eigenvalue weighted by molar-refractivity contribution is 7.78. The molecule has 0 bridgehead atoms. The number of hydrogen-bond acceptors (Lipinski definition) is 3. The van der Waals surface area contributed by atoms with Crippen molar-refractivity contribution in [1.29, 1.82) is 0 Å². The van der Waals surface area contributed by atoms with Gasteiger partial charge in [-0.05, 0) is 24.0 Å². The summed E-state index contributed by atoms with van der Waals surface area (Å²) in [6, 6.07) is 41.3. The lowest BCUT2D eigenvalue weighted by atomic mass is 10.00. The van der Waals surface area contributed by atoms with Crippen molar-refractivity contribution in [2.75, 3.05) is 12.7 Å². The molecule has 1 heterocycles. The number of ether oxygens (including phenoxy) is 1. The molecule has 1 aliphatic rings. The molecule has 4 aromatic carbocycles. The minimum absolute atomic E-state index is 0.165. The fourth-order valence-corrected chi connectivity index (χ4v) is 8.23. The van der Waals surface area contributed by atoms with Crippen LogP contribution >= 0.6 is 7.14 Å². The second-order valence-electron chi connectivity index (χ2n) is 9.66. The van der Waals surface area contributed by atoms with E-state index in [1.165, 1.54) is 11.1 Å². The van der Waals surface area contributed by atoms with Crippen molar-refractivity contribution < 1.29 is 9.30 Å². The SMILES string of the molecule is O=P(C[C@H]1CC[C@@H](OCc2ccccc2)CN1Cc1ccccc1)(c1ccccc1)c1ccccc1. The van der Waals surface area contributed by atoms with E-state index in [4.69, 9.17) is 4.74 Å². The van der Waals surface area contributed by atoms with E-state index >= 15 is 0 Å². The molecule has 0 saturated carbocycles. The summed E-state index contributed by atoms with van der Waals surface area (Å²) in [6.07, 6.45) is 2.75. The summed E-state index contributed by atoms with van der Waals surface area (Å²) in [5.41, 5.74) is 2.48. The van der Waals surface area contributed by atoms with Crippen LogP contribution in [0.2, 0.25) is 0 Å². The third kappa shape index (κ3) is 6.05. The zero-order chi connectivity index (χ0) is 24.6. The number of nitrogens with zero attached hydrogens (tertiary/aromatic N) is 1. The molecule has 0 N–H and O–H groups in total. The molecule has 5 rings (SSSR count). The zero-order valence-corrected chi connectivity index (χ0v) is 21.5. The summed E-state index contributed by atoms with van der Waals surface area (Å²) in [4.78, 5) is 2.51. The monoisotopic (exact) mass is 495 g/mol.